The number of sulfonamides is 1. The van der Waals surface area contributed by atoms with Gasteiger partial charge < -0.3 is 14.6 Å². The van der Waals surface area contributed by atoms with Gasteiger partial charge in [-0.15, -0.1) is 0 Å². The number of anilines is 1. The Balaban J connectivity index is 1.85. The van der Waals surface area contributed by atoms with E-state index >= 15 is 4.39 Å². The fraction of sp³-hybridized carbons (Fsp3) is 0.296. The number of aliphatic carboxylic acids is 1. The van der Waals surface area contributed by atoms with Gasteiger partial charge in [-0.25, -0.2) is 17.2 Å². The summed E-state index contributed by atoms with van der Waals surface area (Å²) in [6.45, 7) is 1.03. The van der Waals surface area contributed by atoms with Gasteiger partial charge >= 0.3 is 12.6 Å². The van der Waals surface area contributed by atoms with E-state index in [9.17, 15) is 31.5 Å². The molecule has 0 aromatic heterocycles. The number of hydrogen-bond donors (Lipinski definition) is 1. The fourth-order valence-electron chi connectivity index (χ4n) is 4.33. The highest BCUT2D eigenvalue weighted by molar-refractivity contribution is 7.92. The molecule has 1 aliphatic heterocycles. The number of ether oxygens (including phenoxy) is 2. The first-order valence-electron chi connectivity index (χ1n) is 11.8. The maximum atomic E-state index is 15.1. The maximum Gasteiger partial charge on any atom is 0.387 e. The second kappa shape index (κ2) is 10.4. The standard InChI is InChI=1S/C27H25F4NO6S/c1-15-5-4-6-19(9-15)39(35,36)32-14-18(13-27(2,3)25(33)34)37-22-8-7-16(10-21(22)32)20-11-17(28)12-23(24(20)29)38-26(30)31/h4-12,18,26H,13-14H2,1-3H3,(H,33,34)/t18-/m0/s1. The normalized spacial score (nSPS) is 15.6. The van der Waals surface area contributed by atoms with Crippen molar-refractivity contribution in [3.63, 3.8) is 0 Å². The third-order valence-electron chi connectivity index (χ3n) is 6.32. The molecule has 7 nitrogen and oxygen atoms in total. The van der Waals surface area contributed by atoms with E-state index in [1.54, 1.807) is 19.1 Å². The van der Waals surface area contributed by atoms with Gasteiger partial charge in [-0.3, -0.25) is 9.10 Å². The number of carboxylic acids is 1. The first-order chi connectivity index (χ1) is 18.2. The molecule has 39 heavy (non-hydrogen) atoms. The summed E-state index contributed by atoms with van der Waals surface area (Å²) in [6.07, 6.45) is -0.887. The Bertz CT molecular complexity index is 1530. The summed E-state index contributed by atoms with van der Waals surface area (Å²) in [5.41, 5.74) is -1.04. The molecule has 1 N–H and O–H groups in total. The molecule has 0 aliphatic carbocycles. The largest absolute Gasteiger partial charge is 0.486 e. The molecule has 0 spiro atoms. The van der Waals surface area contributed by atoms with Crippen molar-refractivity contribution in [1.29, 1.82) is 0 Å². The lowest BCUT2D eigenvalue weighted by Crippen LogP contribution is -2.46. The summed E-state index contributed by atoms with van der Waals surface area (Å²) >= 11 is 0. The number of hydrogen-bond acceptors (Lipinski definition) is 5. The van der Waals surface area contributed by atoms with Crippen LogP contribution in [-0.4, -0.2) is 38.8 Å². The smallest absolute Gasteiger partial charge is 0.387 e. The highest BCUT2D eigenvalue weighted by Gasteiger charge is 2.39. The van der Waals surface area contributed by atoms with Crippen LogP contribution in [0.4, 0.5) is 23.2 Å². The quantitative estimate of drug-likeness (QED) is 0.336. The van der Waals surface area contributed by atoms with Crippen LogP contribution in [0.1, 0.15) is 25.8 Å². The van der Waals surface area contributed by atoms with Crippen LogP contribution in [-0.2, 0) is 14.8 Å². The highest BCUT2D eigenvalue weighted by Crippen LogP contribution is 2.43. The lowest BCUT2D eigenvalue weighted by atomic mass is 9.86. The van der Waals surface area contributed by atoms with Gasteiger partial charge in [-0.05, 0) is 62.2 Å². The van der Waals surface area contributed by atoms with Crippen LogP contribution in [0.25, 0.3) is 11.1 Å². The molecule has 3 aromatic carbocycles. The number of rotatable bonds is 8. The molecule has 0 radical (unpaired) electrons. The van der Waals surface area contributed by atoms with Crippen molar-refractivity contribution in [2.24, 2.45) is 5.41 Å². The average Bonchev–Trinajstić information content (AvgIpc) is 2.84. The molecular weight excluding hydrogens is 542 g/mol. The molecule has 0 saturated carbocycles. The van der Waals surface area contributed by atoms with E-state index in [4.69, 9.17) is 4.74 Å². The number of alkyl halides is 2. The molecule has 1 aliphatic rings. The van der Waals surface area contributed by atoms with Crippen molar-refractivity contribution in [2.75, 3.05) is 10.8 Å². The Morgan fingerprint density at radius 2 is 1.87 bits per heavy atom. The van der Waals surface area contributed by atoms with Gasteiger partial charge in [-0.2, -0.15) is 8.78 Å². The number of benzene rings is 3. The number of nitrogens with zero attached hydrogens (tertiary/aromatic N) is 1. The van der Waals surface area contributed by atoms with E-state index in [2.05, 4.69) is 4.74 Å². The molecule has 0 saturated heterocycles. The van der Waals surface area contributed by atoms with Gasteiger partial charge in [0.05, 0.1) is 22.5 Å². The van der Waals surface area contributed by atoms with Gasteiger partial charge in [0.25, 0.3) is 10.0 Å². The molecule has 1 heterocycles. The Kier molecular flexibility index (Phi) is 7.53. The molecule has 0 bridgehead atoms. The topological polar surface area (TPSA) is 93.1 Å². The Morgan fingerprint density at radius 1 is 1.15 bits per heavy atom. The van der Waals surface area contributed by atoms with Gasteiger partial charge in [0.1, 0.15) is 17.7 Å². The summed E-state index contributed by atoms with van der Waals surface area (Å²) in [5.74, 6) is -4.34. The van der Waals surface area contributed by atoms with Gasteiger partial charge in [0.2, 0.25) is 0 Å². The maximum absolute atomic E-state index is 15.1. The number of halogens is 4. The van der Waals surface area contributed by atoms with Crippen molar-refractivity contribution in [1.82, 2.24) is 0 Å². The van der Waals surface area contributed by atoms with E-state index < -0.39 is 57.1 Å². The van der Waals surface area contributed by atoms with E-state index in [-0.39, 0.29) is 34.9 Å². The number of carboxylic acid groups (broad SMARTS) is 1. The fourth-order valence-corrected chi connectivity index (χ4v) is 5.93. The van der Waals surface area contributed by atoms with E-state index in [1.165, 1.54) is 44.2 Å². The second-order valence-corrected chi connectivity index (χ2v) is 11.7. The van der Waals surface area contributed by atoms with Gasteiger partial charge in [-0.1, -0.05) is 18.2 Å². The van der Waals surface area contributed by atoms with Crippen molar-refractivity contribution in [2.45, 2.75) is 44.8 Å². The summed E-state index contributed by atoms with van der Waals surface area (Å²) in [5, 5.41) is 9.58. The summed E-state index contributed by atoms with van der Waals surface area (Å²) in [7, 11) is -4.23. The zero-order valence-corrected chi connectivity index (χ0v) is 21.9. The monoisotopic (exact) mass is 567 g/mol. The minimum absolute atomic E-state index is 0.0154. The minimum atomic E-state index is -4.23. The van der Waals surface area contributed by atoms with Crippen LogP contribution in [0.15, 0.2) is 59.5 Å². The second-order valence-electron chi connectivity index (χ2n) is 9.81. The molecule has 208 valence electrons. The lowest BCUT2D eigenvalue weighted by Gasteiger charge is -2.38. The van der Waals surface area contributed by atoms with Crippen LogP contribution < -0.4 is 13.8 Å². The zero-order valence-electron chi connectivity index (χ0n) is 21.1. The SMILES string of the molecule is Cc1cccc(S(=O)(=O)N2C[C@H](CC(C)(C)C(=O)O)Oc3ccc(-c4cc(F)cc(OC(F)F)c4F)cc32)c1. The Labute approximate surface area is 222 Å². The van der Waals surface area contributed by atoms with Gasteiger partial charge in [0, 0.05) is 18.1 Å². The molecule has 0 unspecified atom stereocenters. The van der Waals surface area contributed by atoms with Crippen LogP contribution in [0.5, 0.6) is 11.5 Å². The summed E-state index contributed by atoms with van der Waals surface area (Å²) in [6, 6.07) is 11.3. The van der Waals surface area contributed by atoms with Crippen molar-refractivity contribution >= 4 is 21.7 Å². The van der Waals surface area contributed by atoms with Crippen LogP contribution >= 0.6 is 0 Å². The molecule has 3 aromatic rings. The third-order valence-corrected chi connectivity index (χ3v) is 8.09. The lowest BCUT2D eigenvalue weighted by molar-refractivity contribution is -0.148. The van der Waals surface area contributed by atoms with E-state index in [1.807, 2.05) is 0 Å². The molecular formula is C27H25F4NO6S. The first kappa shape index (κ1) is 28.2. The summed E-state index contributed by atoms with van der Waals surface area (Å²) in [4.78, 5) is 11.7. The van der Waals surface area contributed by atoms with Gasteiger partial charge in [0.15, 0.2) is 11.6 Å². The van der Waals surface area contributed by atoms with Crippen LogP contribution in [0.2, 0.25) is 0 Å². The predicted octanol–water partition coefficient (Wildman–Crippen LogP) is 6.00. The number of carbonyl (C=O) groups is 1. The van der Waals surface area contributed by atoms with Crippen LogP contribution in [0, 0.1) is 24.0 Å². The van der Waals surface area contributed by atoms with E-state index in [0.717, 1.165) is 10.4 Å². The van der Waals surface area contributed by atoms with Crippen molar-refractivity contribution in [3.8, 4) is 22.6 Å². The Hall–Kier alpha value is -3.80. The van der Waals surface area contributed by atoms with E-state index in [0.29, 0.717) is 11.6 Å². The Morgan fingerprint density at radius 3 is 2.51 bits per heavy atom. The van der Waals surface area contributed by atoms with Crippen molar-refractivity contribution < 1.29 is 45.4 Å². The molecule has 0 amide bonds. The third kappa shape index (κ3) is 5.80. The molecule has 0 fully saturated rings. The predicted molar refractivity (Wildman–Crippen MR) is 135 cm³/mol. The van der Waals surface area contributed by atoms with Crippen LogP contribution in [0.3, 0.4) is 0 Å². The number of aryl methyl sites for hydroxylation is 1. The minimum Gasteiger partial charge on any atom is -0.486 e. The van der Waals surface area contributed by atoms with Crippen molar-refractivity contribution in [3.05, 3.63) is 71.8 Å². The molecule has 12 heteroatoms. The number of fused-ring (bicyclic) bond motifs is 1. The molecule has 4 rings (SSSR count). The average molecular weight is 568 g/mol. The highest BCUT2D eigenvalue weighted by atomic mass is 32.2. The first-order valence-corrected chi connectivity index (χ1v) is 13.2. The summed E-state index contributed by atoms with van der Waals surface area (Å²) < 4.78 is 93.4. The molecule has 1 atom stereocenters. The zero-order chi connectivity index (χ0) is 28.7.